The first-order chi connectivity index (χ1) is 14.4. The number of benzene rings is 1. The van der Waals surface area contributed by atoms with Crippen LogP contribution < -0.4 is 16.0 Å². The van der Waals surface area contributed by atoms with Crippen LogP contribution in [-0.2, 0) is 6.18 Å². The van der Waals surface area contributed by atoms with Gasteiger partial charge in [0, 0.05) is 30.3 Å². The Hall–Kier alpha value is -2.18. The highest BCUT2D eigenvalue weighted by Gasteiger charge is 2.30. The number of hydrogen-bond acceptors (Lipinski definition) is 7. The number of fused-ring (bicyclic) bond motifs is 1. The van der Waals surface area contributed by atoms with Crippen LogP contribution in [-0.4, -0.2) is 40.6 Å². The SMILES string of the molecule is O=C(NCCSSCCNc1ncnc2ccsc12)Nc1cccc(C(F)(F)F)c1. The van der Waals surface area contributed by atoms with E-state index in [1.165, 1.54) is 18.5 Å². The molecule has 3 aromatic rings. The molecule has 0 bridgehead atoms. The van der Waals surface area contributed by atoms with E-state index in [9.17, 15) is 18.0 Å². The van der Waals surface area contributed by atoms with Crippen LogP contribution in [0.5, 0.6) is 0 Å². The maximum Gasteiger partial charge on any atom is 0.416 e. The molecule has 6 nitrogen and oxygen atoms in total. The Morgan fingerprint density at radius 3 is 2.70 bits per heavy atom. The van der Waals surface area contributed by atoms with Crippen molar-refractivity contribution in [2.75, 3.05) is 35.2 Å². The Morgan fingerprint density at radius 1 is 1.10 bits per heavy atom. The predicted molar refractivity (Wildman–Crippen MR) is 119 cm³/mol. The van der Waals surface area contributed by atoms with Crippen molar-refractivity contribution in [1.29, 1.82) is 0 Å². The van der Waals surface area contributed by atoms with E-state index < -0.39 is 17.8 Å². The van der Waals surface area contributed by atoms with Gasteiger partial charge in [-0.1, -0.05) is 27.7 Å². The lowest BCUT2D eigenvalue weighted by atomic mass is 10.2. The number of amides is 2. The van der Waals surface area contributed by atoms with Gasteiger partial charge in [0.05, 0.1) is 15.8 Å². The maximum atomic E-state index is 12.7. The van der Waals surface area contributed by atoms with E-state index in [1.807, 2.05) is 11.4 Å². The van der Waals surface area contributed by atoms with Crippen LogP contribution >= 0.6 is 32.9 Å². The number of rotatable bonds is 9. The number of urea groups is 1. The average Bonchev–Trinajstić information content (AvgIpc) is 3.19. The quantitative estimate of drug-likeness (QED) is 0.288. The second kappa shape index (κ2) is 10.7. The number of aromatic nitrogens is 2. The van der Waals surface area contributed by atoms with Crippen LogP contribution in [0, 0.1) is 0 Å². The van der Waals surface area contributed by atoms with Gasteiger partial charge in [-0.05, 0) is 29.6 Å². The predicted octanol–water partition coefficient (Wildman–Crippen LogP) is 5.33. The summed E-state index contributed by atoms with van der Waals surface area (Å²) in [6, 6.07) is 5.94. The summed E-state index contributed by atoms with van der Waals surface area (Å²) in [6.07, 6.45) is -2.91. The van der Waals surface area contributed by atoms with Gasteiger partial charge in [-0.3, -0.25) is 0 Å². The van der Waals surface area contributed by atoms with E-state index in [0.29, 0.717) is 12.3 Å². The lowest BCUT2D eigenvalue weighted by Gasteiger charge is -2.10. The number of carbonyl (C=O) groups excluding carboxylic acids is 1. The molecule has 160 valence electrons. The van der Waals surface area contributed by atoms with Gasteiger partial charge in [0.2, 0.25) is 0 Å². The number of alkyl halides is 3. The van der Waals surface area contributed by atoms with Gasteiger partial charge in [0.1, 0.15) is 12.1 Å². The topological polar surface area (TPSA) is 78.9 Å². The molecule has 0 saturated heterocycles. The zero-order valence-corrected chi connectivity index (χ0v) is 18.0. The third-order valence-electron chi connectivity index (χ3n) is 3.72. The molecule has 3 N–H and O–H groups in total. The van der Waals surface area contributed by atoms with Gasteiger partial charge >= 0.3 is 12.2 Å². The van der Waals surface area contributed by atoms with Crippen molar-refractivity contribution < 1.29 is 18.0 Å². The largest absolute Gasteiger partial charge is 0.416 e. The first-order valence-corrected chi connectivity index (χ1v) is 12.2. The molecule has 0 radical (unpaired) electrons. The second-order valence-electron chi connectivity index (χ2n) is 5.89. The lowest BCUT2D eigenvalue weighted by molar-refractivity contribution is -0.137. The molecule has 30 heavy (non-hydrogen) atoms. The van der Waals surface area contributed by atoms with E-state index in [2.05, 4.69) is 25.9 Å². The molecule has 0 aliphatic heterocycles. The molecule has 0 saturated carbocycles. The molecular weight excluding hydrogens is 455 g/mol. The summed E-state index contributed by atoms with van der Waals surface area (Å²) < 4.78 is 39.1. The standard InChI is InChI=1S/C18H18F3N5OS3/c19-18(20,21)12-2-1-3-13(10-12)26-17(27)23-6-9-30-29-8-5-22-16-15-14(4-7-28-15)24-11-25-16/h1-4,7,10-11H,5-6,8-9H2,(H,22,24,25)(H2,23,26,27). The van der Waals surface area contributed by atoms with Gasteiger partial charge in [-0.2, -0.15) is 13.2 Å². The summed E-state index contributed by atoms with van der Waals surface area (Å²) in [5.41, 5.74) is 0.219. The first kappa shape index (κ1) is 22.5. The summed E-state index contributed by atoms with van der Waals surface area (Å²) in [5.74, 6) is 2.34. The fourth-order valence-corrected chi connectivity index (χ4v) is 5.02. The minimum absolute atomic E-state index is 0.0972. The molecule has 12 heteroatoms. The molecule has 2 amide bonds. The minimum Gasteiger partial charge on any atom is -0.368 e. The molecule has 0 unspecified atom stereocenters. The number of nitrogens with zero attached hydrogens (tertiary/aromatic N) is 2. The van der Waals surface area contributed by atoms with Crippen molar-refractivity contribution in [2.45, 2.75) is 6.18 Å². The summed E-state index contributed by atoms with van der Waals surface area (Å²) >= 11 is 1.59. The van der Waals surface area contributed by atoms with Crippen molar-refractivity contribution in [1.82, 2.24) is 15.3 Å². The summed E-state index contributed by atoms with van der Waals surface area (Å²) in [6.45, 7) is 1.14. The van der Waals surface area contributed by atoms with Crippen molar-refractivity contribution in [2.24, 2.45) is 0 Å². The number of thiophene rings is 1. The van der Waals surface area contributed by atoms with Crippen molar-refractivity contribution in [3.8, 4) is 0 Å². The van der Waals surface area contributed by atoms with E-state index >= 15 is 0 Å². The van der Waals surface area contributed by atoms with Gasteiger partial charge in [-0.15, -0.1) is 11.3 Å². The van der Waals surface area contributed by atoms with Gasteiger partial charge in [-0.25, -0.2) is 14.8 Å². The Labute approximate surface area is 182 Å². The summed E-state index contributed by atoms with van der Waals surface area (Å²) in [4.78, 5) is 20.3. The molecule has 0 atom stereocenters. The zero-order valence-electron chi connectivity index (χ0n) is 15.5. The Kier molecular flexibility index (Phi) is 8.05. The highest BCUT2D eigenvalue weighted by molar-refractivity contribution is 8.76. The Bertz CT molecular complexity index is 983. The highest BCUT2D eigenvalue weighted by Crippen LogP contribution is 2.30. The van der Waals surface area contributed by atoms with Crippen molar-refractivity contribution in [3.05, 3.63) is 47.6 Å². The number of nitrogens with one attached hydrogen (secondary N) is 3. The molecule has 0 fully saturated rings. The van der Waals surface area contributed by atoms with Crippen molar-refractivity contribution in [3.63, 3.8) is 0 Å². The van der Waals surface area contributed by atoms with Crippen LogP contribution in [0.25, 0.3) is 10.2 Å². The molecular formula is C18H18F3N5OS3. The van der Waals surface area contributed by atoms with Crippen molar-refractivity contribution >= 4 is 60.7 Å². The number of anilines is 2. The number of hydrogen-bond donors (Lipinski definition) is 3. The van der Waals surface area contributed by atoms with Crippen LogP contribution in [0.15, 0.2) is 42.0 Å². The molecule has 0 aliphatic rings. The maximum absolute atomic E-state index is 12.7. The fraction of sp³-hybridized carbons (Fsp3) is 0.278. The molecule has 1 aromatic carbocycles. The molecule has 0 spiro atoms. The number of carbonyl (C=O) groups is 1. The fourth-order valence-electron chi connectivity index (χ4n) is 2.40. The van der Waals surface area contributed by atoms with Gasteiger partial charge in [0.15, 0.2) is 0 Å². The molecule has 3 rings (SSSR count). The summed E-state index contributed by atoms with van der Waals surface area (Å²) in [7, 11) is 3.26. The average molecular weight is 474 g/mol. The van der Waals surface area contributed by atoms with Crippen LogP contribution in [0.4, 0.5) is 29.5 Å². The van der Waals surface area contributed by atoms with Gasteiger partial charge in [0.25, 0.3) is 0 Å². The minimum atomic E-state index is -4.44. The Balaban J connectivity index is 1.27. The number of halogens is 3. The van der Waals surface area contributed by atoms with E-state index in [-0.39, 0.29) is 5.69 Å². The molecule has 0 aliphatic carbocycles. The smallest absolute Gasteiger partial charge is 0.368 e. The monoisotopic (exact) mass is 473 g/mol. The van der Waals surface area contributed by atoms with Gasteiger partial charge < -0.3 is 16.0 Å². The molecule has 2 aromatic heterocycles. The first-order valence-electron chi connectivity index (χ1n) is 8.82. The third kappa shape index (κ3) is 6.67. The van der Waals surface area contributed by atoms with Crippen LogP contribution in [0.1, 0.15) is 5.56 Å². The van der Waals surface area contributed by atoms with Crippen LogP contribution in [0.3, 0.4) is 0 Å². The van der Waals surface area contributed by atoms with E-state index in [0.717, 1.165) is 40.5 Å². The third-order valence-corrected chi connectivity index (χ3v) is 7.04. The van der Waals surface area contributed by atoms with E-state index in [1.54, 1.807) is 32.9 Å². The highest BCUT2D eigenvalue weighted by atomic mass is 33.1. The summed E-state index contributed by atoms with van der Waals surface area (Å²) in [5, 5.41) is 10.3. The van der Waals surface area contributed by atoms with E-state index in [4.69, 9.17) is 0 Å². The Morgan fingerprint density at radius 2 is 1.90 bits per heavy atom. The van der Waals surface area contributed by atoms with Crippen LogP contribution in [0.2, 0.25) is 0 Å². The second-order valence-corrected chi connectivity index (χ2v) is 9.51. The normalized spacial score (nSPS) is 11.4. The zero-order chi connectivity index (χ0) is 21.4. The molecule has 2 heterocycles. The lowest BCUT2D eigenvalue weighted by Crippen LogP contribution is -2.30.